The lowest BCUT2D eigenvalue weighted by atomic mass is 10.1. The fraction of sp³-hybridized carbons (Fsp3) is 0.348. The maximum atomic E-state index is 12.4. The van der Waals surface area contributed by atoms with Gasteiger partial charge < -0.3 is 20.1 Å². The Bertz CT molecular complexity index is 945. The van der Waals surface area contributed by atoms with E-state index in [9.17, 15) is 9.59 Å². The van der Waals surface area contributed by atoms with Gasteiger partial charge >= 0.3 is 0 Å². The van der Waals surface area contributed by atoms with Crippen molar-refractivity contribution in [1.82, 2.24) is 15.5 Å². The number of guanidine groups is 1. The van der Waals surface area contributed by atoms with Crippen molar-refractivity contribution < 1.29 is 19.1 Å². The largest absolute Gasteiger partial charge is 0.493 e. The lowest BCUT2D eigenvalue weighted by molar-refractivity contribution is 0.0652. The molecular formula is C23H29IN4O4. The number of benzene rings is 2. The van der Waals surface area contributed by atoms with Crippen molar-refractivity contribution in [2.45, 2.75) is 19.4 Å². The van der Waals surface area contributed by atoms with Crippen LogP contribution in [0.1, 0.15) is 39.1 Å². The van der Waals surface area contributed by atoms with Gasteiger partial charge in [0, 0.05) is 26.7 Å². The summed E-state index contributed by atoms with van der Waals surface area (Å²) < 4.78 is 10.6. The highest BCUT2D eigenvalue weighted by atomic mass is 127. The highest BCUT2D eigenvalue weighted by Crippen LogP contribution is 2.27. The molecule has 1 heterocycles. The SMILES string of the molecule is CN=C(NCCCCN1C(=O)c2ccccc2C1=O)NCc1ccc(OC)c(OC)c1.I. The number of fused-ring (bicyclic) bond motifs is 1. The second-order valence-electron chi connectivity index (χ2n) is 7.06. The van der Waals surface area contributed by atoms with E-state index in [2.05, 4.69) is 15.6 Å². The van der Waals surface area contributed by atoms with Crippen LogP contribution in [-0.4, -0.2) is 57.0 Å². The summed E-state index contributed by atoms with van der Waals surface area (Å²) in [5, 5.41) is 6.51. The molecule has 2 aromatic carbocycles. The summed E-state index contributed by atoms with van der Waals surface area (Å²) in [5.41, 5.74) is 2.02. The highest BCUT2D eigenvalue weighted by molar-refractivity contribution is 14.0. The van der Waals surface area contributed by atoms with Crippen molar-refractivity contribution >= 4 is 41.8 Å². The van der Waals surface area contributed by atoms with E-state index < -0.39 is 0 Å². The maximum Gasteiger partial charge on any atom is 0.261 e. The third-order valence-corrected chi connectivity index (χ3v) is 5.11. The van der Waals surface area contributed by atoms with E-state index in [1.165, 1.54) is 4.90 Å². The zero-order valence-electron chi connectivity index (χ0n) is 18.5. The average Bonchev–Trinajstić information content (AvgIpc) is 3.05. The van der Waals surface area contributed by atoms with Crippen LogP contribution < -0.4 is 20.1 Å². The van der Waals surface area contributed by atoms with E-state index in [1.807, 2.05) is 18.2 Å². The molecule has 0 fully saturated rings. The van der Waals surface area contributed by atoms with Crippen LogP contribution in [0.2, 0.25) is 0 Å². The standard InChI is InChI=1S/C23H28N4O4.HI/c1-24-23(26-15-16-10-11-19(30-2)20(14-16)31-3)25-12-6-7-13-27-21(28)17-8-4-5-9-18(17)22(27)29;/h4-5,8-11,14H,6-7,12-13,15H2,1-3H3,(H2,24,25,26);1H. The molecule has 9 heteroatoms. The molecule has 32 heavy (non-hydrogen) atoms. The molecule has 0 radical (unpaired) electrons. The van der Waals surface area contributed by atoms with Crippen LogP contribution in [0.15, 0.2) is 47.5 Å². The molecule has 0 saturated carbocycles. The lowest BCUT2D eigenvalue weighted by Crippen LogP contribution is -2.37. The molecule has 2 N–H and O–H groups in total. The van der Waals surface area contributed by atoms with Crippen molar-refractivity contribution in [2.75, 3.05) is 34.4 Å². The van der Waals surface area contributed by atoms with Gasteiger partial charge in [-0.3, -0.25) is 19.5 Å². The second kappa shape index (κ2) is 12.3. The number of nitrogens with one attached hydrogen (secondary N) is 2. The zero-order valence-corrected chi connectivity index (χ0v) is 20.8. The van der Waals surface area contributed by atoms with Gasteiger partial charge in [0.25, 0.3) is 11.8 Å². The number of imide groups is 1. The van der Waals surface area contributed by atoms with Crippen LogP contribution in [0.3, 0.4) is 0 Å². The molecule has 172 valence electrons. The minimum atomic E-state index is -0.207. The van der Waals surface area contributed by atoms with Crippen LogP contribution in [0.5, 0.6) is 11.5 Å². The number of methoxy groups -OCH3 is 2. The van der Waals surface area contributed by atoms with Crippen LogP contribution in [0.25, 0.3) is 0 Å². The minimum absolute atomic E-state index is 0. The summed E-state index contributed by atoms with van der Waals surface area (Å²) in [7, 11) is 4.93. The van der Waals surface area contributed by atoms with Gasteiger partial charge in [-0.15, -0.1) is 24.0 Å². The zero-order chi connectivity index (χ0) is 22.2. The van der Waals surface area contributed by atoms with Gasteiger partial charge in [0.1, 0.15) is 0 Å². The second-order valence-corrected chi connectivity index (χ2v) is 7.06. The number of amides is 2. The number of halogens is 1. The molecule has 3 rings (SSSR count). The van der Waals surface area contributed by atoms with E-state index in [1.54, 1.807) is 45.5 Å². The van der Waals surface area contributed by atoms with Crippen molar-refractivity contribution in [2.24, 2.45) is 4.99 Å². The summed E-state index contributed by atoms with van der Waals surface area (Å²) >= 11 is 0. The van der Waals surface area contributed by atoms with Gasteiger partial charge in [-0.05, 0) is 42.7 Å². The van der Waals surface area contributed by atoms with E-state index in [-0.39, 0.29) is 35.8 Å². The Kier molecular flexibility index (Phi) is 9.76. The molecular weight excluding hydrogens is 523 g/mol. The molecule has 1 aliphatic heterocycles. The number of carbonyl (C=O) groups is 2. The van der Waals surface area contributed by atoms with E-state index in [0.717, 1.165) is 12.0 Å². The molecule has 2 amide bonds. The van der Waals surface area contributed by atoms with Gasteiger partial charge in [-0.25, -0.2) is 0 Å². The minimum Gasteiger partial charge on any atom is -0.493 e. The topological polar surface area (TPSA) is 92.3 Å². The normalized spacial score (nSPS) is 12.8. The third-order valence-electron chi connectivity index (χ3n) is 5.11. The number of hydrogen-bond donors (Lipinski definition) is 2. The quantitative estimate of drug-likeness (QED) is 0.163. The first-order valence-electron chi connectivity index (χ1n) is 10.2. The number of hydrogen-bond acceptors (Lipinski definition) is 5. The van der Waals surface area contributed by atoms with Crippen molar-refractivity contribution in [3.05, 3.63) is 59.2 Å². The number of aliphatic imine (C=N–C) groups is 1. The van der Waals surface area contributed by atoms with Gasteiger partial charge in [-0.2, -0.15) is 0 Å². The average molecular weight is 552 g/mol. The number of carbonyl (C=O) groups excluding carboxylic acids is 2. The molecule has 0 bridgehead atoms. The predicted octanol–water partition coefficient (Wildman–Crippen LogP) is 3.06. The Morgan fingerprint density at radius 1 is 0.938 bits per heavy atom. The van der Waals surface area contributed by atoms with Crippen molar-refractivity contribution in [3.63, 3.8) is 0 Å². The maximum absolute atomic E-state index is 12.4. The predicted molar refractivity (Wildman–Crippen MR) is 134 cm³/mol. The summed E-state index contributed by atoms with van der Waals surface area (Å²) in [4.78, 5) is 30.3. The molecule has 8 nitrogen and oxygen atoms in total. The summed E-state index contributed by atoms with van der Waals surface area (Å²) in [6.45, 7) is 1.66. The highest BCUT2D eigenvalue weighted by Gasteiger charge is 2.34. The number of unbranched alkanes of at least 4 members (excludes halogenated alkanes) is 1. The third kappa shape index (κ3) is 5.90. The first kappa shape index (κ1) is 25.4. The summed E-state index contributed by atoms with van der Waals surface area (Å²) in [6.07, 6.45) is 1.51. The fourth-order valence-corrected chi connectivity index (χ4v) is 3.44. The number of nitrogens with zero attached hydrogens (tertiary/aromatic N) is 2. The Morgan fingerprint density at radius 3 is 2.19 bits per heavy atom. The van der Waals surface area contributed by atoms with E-state index >= 15 is 0 Å². The molecule has 0 aliphatic carbocycles. The van der Waals surface area contributed by atoms with Crippen LogP contribution in [0.4, 0.5) is 0 Å². The molecule has 0 unspecified atom stereocenters. The summed E-state index contributed by atoms with van der Waals surface area (Å²) in [5.74, 6) is 1.63. The summed E-state index contributed by atoms with van der Waals surface area (Å²) in [6, 6.07) is 12.7. The van der Waals surface area contributed by atoms with Gasteiger partial charge in [-0.1, -0.05) is 18.2 Å². The first-order chi connectivity index (χ1) is 15.1. The molecule has 1 aliphatic rings. The van der Waals surface area contributed by atoms with Gasteiger partial charge in [0.15, 0.2) is 17.5 Å². The fourth-order valence-electron chi connectivity index (χ4n) is 3.44. The van der Waals surface area contributed by atoms with Crippen molar-refractivity contribution in [1.29, 1.82) is 0 Å². The molecule has 0 aromatic heterocycles. The Morgan fingerprint density at radius 2 is 1.59 bits per heavy atom. The van der Waals surface area contributed by atoms with Gasteiger partial charge in [0.05, 0.1) is 25.3 Å². The monoisotopic (exact) mass is 552 g/mol. The molecule has 0 atom stereocenters. The Labute approximate surface area is 205 Å². The van der Waals surface area contributed by atoms with Crippen LogP contribution in [0, 0.1) is 0 Å². The molecule has 2 aromatic rings. The van der Waals surface area contributed by atoms with E-state index in [0.29, 0.717) is 54.6 Å². The van der Waals surface area contributed by atoms with Gasteiger partial charge in [0.2, 0.25) is 0 Å². The van der Waals surface area contributed by atoms with Crippen LogP contribution in [-0.2, 0) is 6.54 Å². The Hall–Kier alpha value is -2.82. The molecule has 0 spiro atoms. The van der Waals surface area contributed by atoms with Crippen LogP contribution >= 0.6 is 24.0 Å². The first-order valence-corrected chi connectivity index (χ1v) is 10.2. The van der Waals surface area contributed by atoms with E-state index in [4.69, 9.17) is 9.47 Å². The smallest absolute Gasteiger partial charge is 0.261 e. The number of rotatable bonds is 9. The molecule has 0 saturated heterocycles. The lowest BCUT2D eigenvalue weighted by Gasteiger charge is -2.15. The Balaban J connectivity index is 0.00000363. The number of ether oxygens (including phenoxy) is 2. The van der Waals surface area contributed by atoms with Crippen molar-refractivity contribution in [3.8, 4) is 11.5 Å².